The number of carbonyl (C=O) groups excluding carboxylic acids is 1. The standard InChI is InChI=1S/C19H22N4O3S/c1-13-6-4-7-14(2)16(13)26-10-5-8-22(3)18(25)21-15-12-20-19-23(17(15)24)9-11-27-19/h4,6-7,9,11-12H,5,8,10H2,1-3H3,(H,21,25). The largest absolute Gasteiger partial charge is 0.493 e. The molecule has 0 spiro atoms. The summed E-state index contributed by atoms with van der Waals surface area (Å²) in [7, 11) is 1.68. The summed E-state index contributed by atoms with van der Waals surface area (Å²) in [5.74, 6) is 0.896. The molecular formula is C19H22N4O3S. The molecule has 27 heavy (non-hydrogen) atoms. The SMILES string of the molecule is Cc1cccc(C)c1OCCCN(C)C(=O)Nc1cnc2sccn2c1=O. The van der Waals surface area contributed by atoms with Crippen molar-refractivity contribution < 1.29 is 9.53 Å². The number of ether oxygens (including phenoxy) is 1. The number of thiazole rings is 1. The molecule has 0 saturated heterocycles. The number of nitrogens with zero attached hydrogens (tertiary/aromatic N) is 3. The average Bonchev–Trinajstić information content (AvgIpc) is 3.12. The summed E-state index contributed by atoms with van der Waals surface area (Å²) >= 11 is 1.36. The van der Waals surface area contributed by atoms with Crippen molar-refractivity contribution >= 4 is 28.0 Å². The molecule has 3 rings (SSSR count). The van der Waals surface area contributed by atoms with E-state index in [0.717, 1.165) is 16.9 Å². The Bertz CT molecular complexity index is 991. The molecular weight excluding hydrogens is 364 g/mol. The lowest BCUT2D eigenvalue weighted by Gasteiger charge is -2.18. The van der Waals surface area contributed by atoms with Gasteiger partial charge in [0.1, 0.15) is 11.4 Å². The Morgan fingerprint density at radius 1 is 1.33 bits per heavy atom. The molecule has 142 valence electrons. The van der Waals surface area contributed by atoms with Crippen molar-refractivity contribution in [2.24, 2.45) is 0 Å². The maximum Gasteiger partial charge on any atom is 0.321 e. The summed E-state index contributed by atoms with van der Waals surface area (Å²) in [5, 5.41) is 4.40. The Morgan fingerprint density at radius 2 is 2.07 bits per heavy atom. The minimum Gasteiger partial charge on any atom is -0.493 e. The van der Waals surface area contributed by atoms with Gasteiger partial charge >= 0.3 is 6.03 Å². The number of nitrogens with one attached hydrogen (secondary N) is 1. The first-order valence-electron chi connectivity index (χ1n) is 8.63. The van der Waals surface area contributed by atoms with Crippen molar-refractivity contribution in [2.75, 3.05) is 25.5 Å². The minimum absolute atomic E-state index is 0.162. The lowest BCUT2D eigenvalue weighted by atomic mass is 10.1. The van der Waals surface area contributed by atoms with Gasteiger partial charge in [-0.2, -0.15) is 0 Å². The van der Waals surface area contributed by atoms with Crippen molar-refractivity contribution in [1.29, 1.82) is 0 Å². The van der Waals surface area contributed by atoms with Gasteiger partial charge in [-0.1, -0.05) is 18.2 Å². The molecule has 8 heteroatoms. The first-order chi connectivity index (χ1) is 13.0. The van der Waals surface area contributed by atoms with Crippen molar-refractivity contribution in [3.8, 4) is 5.75 Å². The molecule has 3 aromatic rings. The highest BCUT2D eigenvalue weighted by Crippen LogP contribution is 2.22. The average molecular weight is 386 g/mol. The second-order valence-electron chi connectivity index (χ2n) is 6.31. The summed E-state index contributed by atoms with van der Waals surface area (Å²) in [4.78, 5) is 30.9. The van der Waals surface area contributed by atoms with Crippen LogP contribution in [0.1, 0.15) is 17.5 Å². The van der Waals surface area contributed by atoms with Crippen LogP contribution in [-0.2, 0) is 0 Å². The number of aryl methyl sites for hydroxylation is 2. The summed E-state index contributed by atoms with van der Waals surface area (Å²) in [5.41, 5.74) is 2.06. The molecule has 2 amide bonds. The lowest BCUT2D eigenvalue weighted by molar-refractivity contribution is 0.216. The van der Waals surface area contributed by atoms with Crippen LogP contribution in [0.3, 0.4) is 0 Å². The van der Waals surface area contributed by atoms with Crippen LogP contribution in [0.4, 0.5) is 10.5 Å². The van der Waals surface area contributed by atoms with Crippen molar-refractivity contribution in [3.05, 3.63) is 57.5 Å². The minimum atomic E-state index is -0.351. The van der Waals surface area contributed by atoms with Crippen LogP contribution in [0, 0.1) is 13.8 Å². The van der Waals surface area contributed by atoms with E-state index in [1.54, 1.807) is 18.6 Å². The van der Waals surface area contributed by atoms with Crippen molar-refractivity contribution in [1.82, 2.24) is 14.3 Å². The molecule has 0 atom stereocenters. The molecule has 0 aliphatic carbocycles. The fourth-order valence-corrected chi connectivity index (χ4v) is 3.40. The van der Waals surface area contributed by atoms with Gasteiger partial charge in [-0.3, -0.25) is 9.20 Å². The lowest BCUT2D eigenvalue weighted by Crippen LogP contribution is -2.34. The molecule has 1 aromatic carbocycles. The van der Waals surface area contributed by atoms with E-state index >= 15 is 0 Å². The highest BCUT2D eigenvalue weighted by atomic mass is 32.1. The molecule has 7 nitrogen and oxygen atoms in total. The van der Waals surface area contributed by atoms with Crippen molar-refractivity contribution in [3.63, 3.8) is 0 Å². The summed E-state index contributed by atoms with van der Waals surface area (Å²) in [6.45, 7) is 5.04. The first-order valence-corrected chi connectivity index (χ1v) is 9.51. The number of hydrogen-bond donors (Lipinski definition) is 1. The van der Waals surface area contributed by atoms with E-state index in [-0.39, 0.29) is 17.3 Å². The smallest absolute Gasteiger partial charge is 0.321 e. The number of fused-ring (bicyclic) bond motifs is 1. The third-order valence-corrected chi connectivity index (χ3v) is 4.99. The predicted molar refractivity (Wildman–Crippen MR) is 107 cm³/mol. The van der Waals surface area contributed by atoms with E-state index in [4.69, 9.17) is 4.74 Å². The van der Waals surface area contributed by atoms with Gasteiger partial charge in [0.25, 0.3) is 5.56 Å². The Kier molecular flexibility index (Phi) is 5.75. The molecule has 0 aliphatic rings. The number of rotatable bonds is 6. The second kappa shape index (κ2) is 8.22. The van der Waals surface area contributed by atoms with Crippen LogP contribution < -0.4 is 15.6 Å². The van der Waals surface area contributed by atoms with E-state index in [1.165, 1.54) is 26.8 Å². The van der Waals surface area contributed by atoms with Gasteiger partial charge in [-0.25, -0.2) is 9.78 Å². The number of urea groups is 1. The van der Waals surface area contributed by atoms with Crippen molar-refractivity contribution in [2.45, 2.75) is 20.3 Å². The van der Waals surface area contributed by atoms with E-state index in [0.29, 0.717) is 24.5 Å². The van der Waals surface area contributed by atoms with Crippen LogP contribution in [0.15, 0.2) is 40.8 Å². The van der Waals surface area contributed by atoms with Gasteiger partial charge in [0.2, 0.25) is 0 Å². The molecule has 0 aliphatic heterocycles. The van der Waals surface area contributed by atoms with Gasteiger partial charge in [0, 0.05) is 25.2 Å². The zero-order valence-corrected chi connectivity index (χ0v) is 16.4. The number of carbonyl (C=O) groups is 1. The number of amides is 2. The first kappa shape index (κ1) is 18.9. The molecule has 0 radical (unpaired) electrons. The van der Waals surface area contributed by atoms with Gasteiger partial charge < -0.3 is 15.0 Å². The zero-order valence-electron chi connectivity index (χ0n) is 15.6. The number of para-hydroxylation sites is 1. The fourth-order valence-electron chi connectivity index (χ4n) is 2.73. The zero-order chi connectivity index (χ0) is 19.4. The Hall–Kier alpha value is -2.87. The molecule has 0 bridgehead atoms. The molecule has 0 fully saturated rings. The molecule has 1 N–H and O–H groups in total. The van der Waals surface area contributed by atoms with E-state index in [1.807, 2.05) is 32.0 Å². The summed E-state index contributed by atoms with van der Waals surface area (Å²) in [6, 6.07) is 5.68. The van der Waals surface area contributed by atoms with Crippen LogP contribution in [0.5, 0.6) is 5.75 Å². The highest BCUT2D eigenvalue weighted by molar-refractivity contribution is 7.15. The highest BCUT2D eigenvalue weighted by Gasteiger charge is 2.13. The fraction of sp³-hybridized carbons (Fsp3) is 0.316. The van der Waals surface area contributed by atoms with E-state index in [2.05, 4.69) is 10.3 Å². The normalized spacial score (nSPS) is 10.8. The molecule has 2 aromatic heterocycles. The van der Waals surface area contributed by atoms with Crippen LogP contribution in [-0.4, -0.2) is 40.5 Å². The number of aromatic nitrogens is 2. The maximum atomic E-state index is 12.3. The third-order valence-electron chi connectivity index (χ3n) is 4.22. The summed E-state index contributed by atoms with van der Waals surface area (Å²) in [6.07, 6.45) is 3.71. The number of benzene rings is 1. The monoisotopic (exact) mass is 386 g/mol. The second-order valence-corrected chi connectivity index (χ2v) is 7.18. The maximum absolute atomic E-state index is 12.3. The number of anilines is 1. The third kappa shape index (κ3) is 4.28. The predicted octanol–water partition coefficient (Wildman–Crippen LogP) is 3.31. The Balaban J connectivity index is 1.52. The molecule has 0 unspecified atom stereocenters. The Labute approximate surface area is 161 Å². The van der Waals surface area contributed by atoms with Gasteiger partial charge in [-0.05, 0) is 31.4 Å². The van der Waals surface area contributed by atoms with E-state index in [9.17, 15) is 9.59 Å². The summed E-state index contributed by atoms with van der Waals surface area (Å²) < 4.78 is 7.27. The van der Waals surface area contributed by atoms with Gasteiger partial charge in [-0.15, -0.1) is 11.3 Å². The Morgan fingerprint density at radius 3 is 2.81 bits per heavy atom. The van der Waals surface area contributed by atoms with Crippen LogP contribution in [0.25, 0.3) is 4.96 Å². The van der Waals surface area contributed by atoms with Gasteiger partial charge in [0.15, 0.2) is 4.96 Å². The molecule has 2 heterocycles. The van der Waals surface area contributed by atoms with Gasteiger partial charge in [0.05, 0.1) is 12.8 Å². The van der Waals surface area contributed by atoms with Crippen LogP contribution >= 0.6 is 11.3 Å². The molecule has 0 saturated carbocycles. The van der Waals surface area contributed by atoms with E-state index < -0.39 is 0 Å². The topological polar surface area (TPSA) is 75.9 Å². The number of hydrogen-bond acceptors (Lipinski definition) is 5. The van der Waals surface area contributed by atoms with Crippen LogP contribution in [0.2, 0.25) is 0 Å². The quantitative estimate of drug-likeness (QED) is 0.660.